The highest BCUT2D eigenvalue weighted by molar-refractivity contribution is 6.34. The molecule has 0 N–H and O–H groups in total. The van der Waals surface area contributed by atoms with Crippen molar-refractivity contribution in [1.29, 1.82) is 0 Å². The van der Waals surface area contributed by atoms with E-state index in [4.69, 9.17) is 0 Å². The van der Waals surface area contributed by atoms with Gasteiger partial charge in [-0.15, -0.1) is 0 Å². The lowest BCUT2D eigenvalue weighted by atomic mass is 9.89. The van der Waals surface area contributed by atoms with Crippen molar-refractivity contribution >= 4 is 53.9 Å². The van der Waals surface area contributed by atoms with Gasteiger partial charge in [0.25, 0.3) is 0 Å². The Kier molecular flexibility index (Phi) is 2.97. The molecule has 0 heterocycles. The minimum Gasteiger partial charge on any atom is -0.0616 e. The Balaban J connectivity index is 1.58. The van der Waals surface area contributed by atoms with Gasteiger partial charge in [0, 0.05) is 0 Å². The van der Waals surface area contributed by atoms with Crippen molar-refractivity contribution in [3.63, 3.8) is 0 Å². The van der Waals surface area contributed by atoms with Crippen molar-refractivity contribution in [1.82, 2.24) is 0 Å². The average Bonchev–Trinajstić information content (AvgIpc) is 3.21. The predicted octanol–water partition coefficient (Wildman–Crippen LogP) is 9.10. The van der Waals surface area contributed by atoms with Crippen LogP contribution in [0.25, 0.3) is 76.1 Å². The Labute approximate surface area is 185 Å². The Morgan fingerprint density at radius 1 is 0.281 bits per heavy atom. The van der Waals surface area contributed by atoms with E-state index in [0.29, 0.717) is 0 Å². The molecular weight excluding hydrogens is 384 g/mol. The molecule has 7 aromatic carbocycles. The zero-order valence-electron chi connectivity index (χ0n) is 17.4. The smallest absolute Gasteiger partial charge is 0.00139 e. The largest absolute Gasteiger partial charge is 0.0616 e. The fourth-order valence-corrected chi connectivity index (χ4v) is 6.00. The summed E-state index contributed by atoms with van der Waals surface area (Å²) in [6, 6.07) is 40.5. The van der Waals surface area contributed by atoms with Crippen molar-refractivity contribution in [3.8, 4) is 22.3 Å². The third-order valence-electron chi connectivity index (χ3n) is 7.35. The van der Waals surface area contributed by atoms with Gasteiger partial charge in [0.05, 0.1) is 0 Å². The maximum Gasteiger partial charge on any atom is -0.00139 e. The van der Waals surface area contributed by atoms with Crippen LogP contribution in [-0.4, -0.2) is 0 Å². The molecule has 0 nitrogen and oxygen atoms in total. The van der Waals surface area contributed by atoms with Gasteiger partial charge in [0.15, 0.2) is 0 Å². The fraction of sp³-hybridized carbons (Fsp3) is 0. The second kappa shape index (κ2) is 5.75. The molecule has 0 heteroatoms. The van der Waals surface area contributed by atoms with Gasteiger partial charge < -0.3 is 0 Å². The molecule has 0 unspecified atom stereocenters. The van der Waals surface area contributed by atoms with Crippen LogP contribution in [0, 0.1) is 0 Å². The molecule has 146 valence electrons. The summed E-state index contributed by atoms with van der Waals surface area (Å²) in [7, 11) is 0. The van der Waals surface area contributed by atoms with Gasteiger partial charge in [0.1, 0.15) is 0 Å². The van der Waals surface area contributed by atoms with E-state index >= 15 is 0 Å². The van der Waals surface area contributed by atoms with Crippen LogP contribution in [0.1, 0.15) is 0 Å². The molecule has 0 aliphatic heterocycles. The van der Waals surface area contributed by atoms with Gasteiger partial charge in [-0.25, -0.2) is 0 Å². The summed E-state index contributed by atoms with van der Waals surface area (Å²) in [5.41, 5.74) is 5.37. The zero-order valence-corrected chi connectivity index (χ0v) is 17.4. The standard InChI is InChI=1S/C32H18/c1-2-8-22-21(6-1)18-29(24-10-4-3-9-23(22)24)25-16-17-28-26-11-5-7-19-12-13-20-14-15-27(25)32(28)31(20)30(19)26/h1-18H. The molecule has 0 saturated heterocycles. The number of benzene rings is 7. The van der Waals surface area contributed by atoms with Crippen LogP contribution >= 0.6 is 0 Å². The second-order valence-corrected chi connectivity index (χ2v) is 8.91. The highest BCUT2D eigenvalue weighted by Crippen LogP contribution is 2.50. The highest BCUT2D eigenvalue weighted by Gasteiger charge is 2.22. The van der Waals surface area contributed by atoms with E-state index in [1.54, 1.807) is 0 Å². The Morgan fingerprint density at radius 2 is 0.938 bits per heavy atom. The maximum absolute atomic E-state index is 2.38. The molecular formula is C32H18. The highest BCUT2D eigenvalue weighted by atomic mass is 14.2. The van der Waals surface area contributed by atoms with Crippen molar-refractivity contribution in [2.45, 2.75) is 0 Å². The monoisotopic (exact) mass is 402 g/mol. The van der Waals surface area contributed by atoms with E-state index in [-0.39, 0.29) is 0 Å². The van der Waals surface area contributed by atoms with Gasteiger partial charge in [-0.05, 0) is 82.2 Å². The lowest BCUT2D eigenvalue weighted by molar-refractivity contribution is 1.71. The van der Waals surface area contributed by atoms with Crippen molar-refractivity contribution in [2.75, 3.05) is 0 Å². The van der Waals surface area contributed by atoms with Crippen LogP contribution in [0.2, 0.25) is 0 Å². The molecule has 0 radical (unpaired) electrons. The Bertz CT molecular complexity index is 1920. The van der Waals surface area contributed by atoms with E-state index in [1.165, 1.54) is 76.1 Å². The zero-order chi connectivity index (χ0) is 20.8. The van der Waals surface area contributed by atoms with Crippen LogP contribution in [-0.2, 0) is 0 Å². The summed E-state index contributed by atoms with van der Waals surface area (Å²) >= 11 is 0. The van der Waals surface area contributed by atoms with Crippen molar-refractivity contribution in [3.05, 3.63) is 109 Å². The average molecular weight is 402 g/mol. The topological polar surface area (TPSA) is 0 Å². The normalized spacial score (nSPS) is 12.4. The quantitative estimate of drug-likeness (QED) is 0.240. The fourth-order valence-electron chi connectivity index (χ4n) is 6.00. The van der Waals surface area contributed by atoms with Gasteiger partial charge in [-0.2, -0.15) is 0 Å². The molecule has 1 aliphatic carbocycles. The molecule has 0 aromatic heterocycles. The molecule has 0 atom stereocenters. The SMILES string of the molecule is c1ccc2c(c1)cc(-c1ccc3c4c1ccc1ccc5cccc-3c5c14)c1ccccc12. The lowest BCUT2D eigenvalue weighted by Crippen LogP contribution is -1.87. The van der Waals surface area contributed by atoms with E-state index in [9.17, 15) is 0 Å². The lowest BCUT2D eigenvalue weighted by Gasteiger charge is -2.14. The maximum atomic E-state index is 2.38. The number of hydrogen-bond donors (Lipinski definition) is 0. The van der Waals surface area contributed by atoms with Crippen LogP contribution in [0.5, 0.6) is 0 Å². The van der Waals surface area contributed by atoms with Crippen LogP contribution in [0.15, 0.2) is 109 Å². The number of hydrogen-bond acceptors (Lipinski definition) is 0. The van der Waals surface area contributed by atoms with Gasteiger partial charge in [0.2, 0.25) is 0 Å². The minimum absolute atomic E-state index is 1.29. The first-order valence-electron chi connectivity index (χ1n) is 11.2. The van der Waals surface area contributed by atoms with Crippen LogP contribution in [0.4, 0.5) is 0 Å². The summed E-state index contributed by atoms with van der Waals surface area (Å²) in [6.07, 6.45) is 0. The molecule has 0 fully saturated rings. The predicted molar refractivity (Wildman–Crippen MR) is 138 cm³/mol. The molecule has 0 saturated carbocycles. The van der Waals surface area contributed by atoms with Crippen LogP contribution < -0.4 is 0 Å². The third-order valence-corrected chi connectivity index (χ3v) is 7.35. The first kappa shape index (κ1) is 16.5. The van der Waals surface area contributed by atoms with Crippen molar-refractivity contribution in [2.24, 2.45) is 0 Å². The Morgan fingerprint density at radius 3 is 1.84 bits per heavy atom. The van der Waals surface area contributed by atoms with Crippen LogP contribution in [0.3, 0.4) is 0 Å². The molecule has 0 bridgehead atoms. The van der Waals surface area contributed by atoms with E-state index in [0.717, 1.165) is 0 Å². The molecule has 32 heavy (non-hydrogen) atoms. The van der Waals surface area contributed by atoms with Gasteiger partial charge >= 0.3 is 0 Å². The van der Waals surface area contributed by atoms with Crippen molar-refractivity contribution < 1.29 is 0 Å². The van der Waals surface area contributed by atoms with E-state index < -0.39 is 0 Å². The summed E-state index contributed by atoms with van der Waals surface area (Å²) in [4.78, 5) is 0. The van der Waals surface area contributed by atoms with E-state index in [1.807, 2.05) is 0 Å². The number of rotatable bonds is 1. The first-order valence-corrected chi connectivity index (χ1v) is 11.2. The van der Waals surface area contributed by atoms with Gasteiger partial charge in [-0.3, -0.25) is 0 Å². The second-order valence-electron chi connectivity index (χ2n) is 8.91. The molecule has 1 aliphatic rings. The summed E-state index contributed by atoms with van der Waals surface area (Å²) in [6.45, 7) is 0. The first-order chi connectivity index (χ1) is 15.9. The summed E-state index contributed by atoms with van der Waals surface area (Å²) in [5, 5.41) is 13.5. The molecule has 7 aromatic rings. The van der Waals surface area contributed by atoms with Gasteiger partial charge in [-0.1, -0.05) is 103 Å². The molecule has 0 amide bonds. The Hall–Kier alpha value is -4.16. The minimum atomic E-state index is 1.29. The summed E-state index contributed by atoms with van der Waals surface area (Å²) in [5.74, 6) is 0. The third kappa shape index (κ3) is 1.93. The molecule has 8 rings (SSSR count). The number of fused-ring (bicyclic) bond motifs is 4. The molecule has 0 spiro atoms. The van der Waals surface area contributed by atoms with E-state index in [2.05, 4.69) is 109 Å². The summed E-state index contributed by atoms with van der Waals surface area (Å²) < 4.78 is 0.